The highest BCUT2D eigenvalue weighted by molar-refractivity contribution is 5.77. The molecule has 0 spiro atoms. The zero-order valence-corrected chi connectivity index (χ0v) is 11.1. The van der Waals surface area contributed by atoms with Crippen molar-refractivity contribution in [1.82, 2.24) is 0 Å². The van der Waals surface area contributed by atoms with Crippen LogP contribution in [0.3, 0.4) is 0 Å². The van der Waals surface area contributed by atoms with E-state index in [-0.39, 0.29) is 0 Å². The van der Waals surface area contributed by atoms with Crippen molar-refractivity contribution in [3.05, 3.63) is 75.6 Å². The molecule has 0 aromatic heterocycles. The Morgan fingerprint density at radius 1 is 0.750 bits per heavy atom. The Hall–Kier alpha value is -2.45. The monoisotopic (exact) mass is 353 g/mol. The maximum Gasteiger partial charge on any atom is 0.221 e. The van der Waals surface area contributed by atoms with Crippen LogP contribution in [0.4, 0.5) is 39.5 Å². The Balaban J connectivity index is 2.49. The van der Waals surface area contributed by atoms with Crippen molar-refractivity contribution in [1.29, 1.82) is 0 Å². The van der Waals surface area contributed by atoms with E-state index in [9.17, 15) is 35.1 Å². The summed E-state index contributed by atoms with van der Waals surface area (Å²) < 4.78 is 124. The largest absolute Gasteiger partial charge is 0.225 e. The summed E-state index contributed by atoms with van der Waals surface area (Å²) in [4.78, 5) is 0. The molecule has 0 aliphatic heterocycles. The standard InChI is InChI=1S/C15H2F9/c16-5-3-1-2-4(8(5)17)15(24)7-6(10(19)14(15)23)9(18)12(21)13(22)11(7)20/h1-2H. The molecule has 0 N–H and O–H groups in total. The van der Waals surface area contributed by atoms with Crippen molar-refractivity contribution < 1.29 is 39.5 Å². The quantitative estimate of drug-likeness (QED) is 0.378. The molecule has 1 aliphatic carbocycles. The molecule has 1 unspecified atom stereocenters. The second kappa shape index (κ2) is 5.02. The maximum absolute atomic E-state index is 15.1. The number of benzene rings is 2. The van der Waals surface area contributed by atoms with Gasteiger partial charge in [-0.25, -0.2) is 39.5 Å². The van der Waals surface area contributed by atoms with Crippen molar-refractivity contribution in [2.45, 2.75) is 5.67 Å². The van der Waals surface area contributed by atoms with Crippen LogP contribution in [0.1, 0.15) is 16.7 Å². The highest BCUT2D eigenvalue weighted by atomic mass is 19.2. The molecule has 0 saturated heterocycles. The molecule has 0 nitrogen and oxygen atoms in total. The van der Waals surface area contributed by atoms with Crippen LogP contribution in [0, 0.1) is 41.0 Å². The van der Waals surface area contributed by atoms with Gasteiger partial charge in [-0.15, -0.1) is 0 Å². The summed E-state index contributed by atoms with van der Waals surface area (Å²) in [5.41, 5.74) is -9.65. The summed E-state index contributed by atoms with van der Waals surface area (Å²) in [6.45, 7) is 0. The lowest BCUT2D eigenvalue weighted by Gasteiger charge is -2.22. The fourth-order valence-corrected chi connectivity index (χ4v) is 2.50. The van der Waals surface area contributed by atoms with Crippen LogP contribution in [-0.4, -0.2) is 0 Å². The Kier molecular flexibility index (Phi) is 3.43. The van der Waals surface area contributed by atoms with Crippen LogP contribution < -0.4 is 0 Å². The molecule has 3 rings (SSSR count). The molecule has 0 saturated carbocycles. The average molecular weight is 353 g/mol. The van der Waals surface area contributed by atoms with Gasteiger partial charge in [-0.05, 0) is 0 Å². The highest BCUT2D eigenvalue weighted by Crippen LogP contribution is 2.55. The predicted octanol–water partition coefficient (Wildman–Crippen LogP) is 5.16. The van der Waals surface area contributed by atoms with Gasteiger partial charge >= 0.3 is 0 Å². The molecule has 125 valence electrons. The number of allylic oxidation sites excluding steroid dienone is 1. The number of hydrogen-bond donors (Lipinski definition) is 0. The summed E-state index contributed by atoms with van der Waals surface area (Å²) in [7, 11) is 0. The van der Waals surface area contributed by atoms with Gasteiger partial charge in [0.15, 0.2) is 46.6 Å². The van der Waals surface area contributed by atoms with E-state index in [2.05, 4.69) is 0 Å². The fraction of sp³-hybridized carbons (Fsp3) is 0.0667. The number of fused-ring (bicyclic) bond motifs is 1. The molecule has 2 aromatic rings. The molecule has 1 atom stereocenters. The lowest BCUT2D eigenvalue weighted by Crippen LogP contribution is -2.25. The molecule has 24 heavy (non-hydrogen) atoms. The third-order valence-electron chi connectivity index (χ3n) is 3.59. The second-order valence-corrected chi connectivity index (χ2v) is 4.81. The molecule has 0 amide bonds. The summed E-state index contributed by atoms with van der Waals surface area (Å²) in [5, 5.41) is 0. The van der Waals surface area contributed by atoms with Gasteiger partial charge < -0.3 is 0 Å². The number of halogens is 9. The van der Waals surface area contributed by atoms with E-state index in [4.69, 9.17) is 0 Å². The Morgan fingerprint density at radius 3 is 1.96 bits per heavy atom. The molecular weight excluding hydrogens is 351 g/mol. The Labute approximate surface area is 127 Å². The van der Waals surface area contributed by atoms with E-state index in [1.807, 2.05) is 0 Å². The van der Waals surface area contributed by atoms with E-state index in [0.29, 0.717) is 12.1 Å². The average Bonchev–Trinajstić information content (AvgIpc) is 2.75. The van der Waals surface area contributed by atoms with Crippen LogP contribution in [0.2, 0.25) is 0 Å². The number of rotatable bonds is 1. The lowest BCUT2D eigenvalue weighted by molar-refractivity contribution is 0.214. The molecule has 1 radical (unpaired) electrons. The zero-order chi connectivity index (χ0) is 18.0. The smallest absolute Gasteiger partial charge is 0.221 e. The van der Waals surface area contributed by atoms with Crippen molar-refractivity contribution in [3.8, 4) is 0 Å². The first-order chi connectivity index (χ1) is 11.1. The lowest BCUT2D eigenvalue weighted by atomic mass is 9.88. The second-order valence-electron chi connectivity index (χ2n) is 4.81. The predicted molar refractivity (Wildman–Crippen MR) is 62.5 cm³/mol. The minimum atomic E-state index is -4.22. The summed E-state index contributed by atoms with van der Waals surface area (Å²) in [6.07, 6.45) is 0. The van der Waals surface area contributed by atoms with Crippen molar-refractivity contribution in [2.24, 2.45) is 0 Å². The SMILES string of the molecule is FC1=C(F)C(F)(c2cc[c]c(F)c2F)c2c(F)c(F)c(F)c(F)c21. The van der Waals surface area contributed by atoms with Gasteiger partial charge in [-0.3, -0.25) is 0 Å². The van der Waals surface area contributed by atoms with E-state index < -0.39 is 68.9 Å². The number of alkyl halides is 1. The van der Waals surface area contributed by atoms with Crippen LogP contribution in [0.25, 0.3) is 5.83 Å². The van der Waals surface area contributed by atoms with E-state index in [1.54, 1.807) is 6.07 Å². The topological polar surface area (TPSA) is 0 Å². The van der Waals surface area contributed by atoms with Gasteiger partial charge in [0.25, 0.3) is 0 Å². The summed E-state index contributed by atoms with van der Waals surface area (Å²) in [6, 6.07) is 2.57. The van der Waals surface area contributed by atoms with E-state index in [1.165, 1.54) is 0 Å². The van der Waals surface area contributed by atoms with Gasteiger partial charge in [-0.2, -0.15) is 0 Å². The highest BCUT2D eigenvalue weighted by Gasteiger charge is 2.55. The van der Waals surface area contributed by atoms with Crippen molar-refractivity contribution >= 4 is 5.83 Å². The first kappa shape index (κ1) is 16.4. The summed E-state index contributed by atoms with van der Waals surface area (Å²) >= 11 is 0. The maximum atomic E-state index is 15.1. The van der Waals surface area contributed by atoms with E-state index >= 15 is 4.39 Å². The molecule has 0 fully saturated rings. The molecular formula is C15H2F9. The molecule has 0 heterocycles. The molecule has 9 heteroatoms. The molecule has 0 bridgehead atoms. The molecule has 1 aliphatic rings. The van der Waals surface area contributed by atoms with Crippen LogP contribution in [0.5, 0.6) is 0 Å². The van der Waals surface area contributed by atoms with Gasteiger partial charge in [0.2, 0.25) is 5.67 Å². The van der Waals surface area contributed by atoms with Crippen LogP contribution in [-0.2, 0) is 5.67 Å². The molecule has 2 aromatic carbocycles. The third-order valence-corrected chi connectivity index (χ3v) is 3.59. The first-order valence-electron chi connectivity index (χ1n) is 6.11. The Morgan fingerprint density at radius 2 is 1.33 bits per heavy atom. The van der Waals surface area contributed by atoms with Gasteiger partial charge in [0.05, 0.1) is 11.1 Å². The summed E-state index contributed by atoms with van der Waals surface area (Å²) in [5.74, 6) is -18.8. The van der Waals surface area contributed by atoms with Gasteiger partial charge in [0, 0.05) is 11.6 Å². The Bertz CT molecular complexity index is 916. The van der Waals surface area contributed by atoms with Gasteiger partial charge in [-0.1, -0.05) is 12.1 Å². The van der Waals surface area contributed by atoms with Crippen LogP contribution >= 0.6 is 0 Å². The zero-order valence-electron chi connectivity index (χ0n) is 11.1. The third kappa shape index (κ3) is 1.78. The van der Waals surface area contributed by atoms with E-state index in [0.717, 1.165) is 0 Å². The minimum absolute atomic E-state index is 0.374. The van der Waals surface area contributed by atoms with Crippen molar-refractivity contribution in [2.75, 3.05) is 0 Å². The van der Waals surface area contributed by atoms with Crippen LogP contribution in [0.15, 0.2) is 18.0 Å². The van der Waals surface area contributed by atoms with Crippen molar-refractivity contribution in [3.63, 3.8) is 0 Å². The first-order valence-corrected chi connectivity index (χ1v) is 6.11. The normalized spacial score (nSPS) is 19.9. The minimum Gasteiger partial charge on any atom is -0.225 e. The number of hydrogen-bond acceptors (Lipinski definition) is 0. The van der Waals surface area contributed by atoms with Gasteiger partial charge in [0.1, 0.15) is 0 Å². The fourth-order valence-electron chi connectivity index (χ4n) is 2.50.